The molecule has 4 N–H and O–H groups in total. The largest absolute Gasteiger partial charge is 0.439 e. The van der Waals surface area contributed by atoms with E-state index in [2.05, 4.69) is 20.3 Å². The molecule has 0 saturated heterocycles. The van der Waals surface area contributed by atoms with Gasteiger partial charge in [0.1, 0.15) is 11.6 Å². The molecule has 3 rings (SSSR count). The van der Waals surface area contributed by atoms with Gasteiger partial charge in [-0.1, -0.05) is 12.1 Å². The summed E-state index contributed by atoms with van der Waals surface area (Å²) in [6.45, 7) is 3.55. The molecule has 134 valence electrons. The molecule has 1 amide bonds. The highest BCUT2D eigenvalue weighted by Gasteiger charge is 2.03. The van der Waals surface area contributed by atoms with Crippen molar-refractivity contribution in [3.8, 4) is 11.6 Å². The summed E-state index contributed by atoms with van der Waals surface area (Å²) in [5.74, 6) is 1.52. The second-order valence-electron chi connectivity index (χ2n) is 5.90. The van der Waals surface area contributed by atoms with Crippen molar-refractivity contribution in [2.45, 2.75) is 19.9 Å². The van der Waals surface area contributed by atoms with Gasteiger partial charge in [-0.15, -0.1) is 0 Å². The van der Waals surface area contributed by atoms with Crippen LogP contribution in [-0.4, -0.2) is 27.4 Å². The first-order valence-electron chi connectivity index (χ1n) is 8.34. The van der Waals surface area contributed by atoms with Gasteiger partial charge in [0, 0.05) is 25.0 Å². The van der Waals surface area contributed by atoms with Crippen molar-refractivity contribution in [3.05, 3.63) is 71.4 Å². The Kier molecular flexibility index (Phi) is 5.60. The molecule has 0 atom stereocenters. The Labute approximate surface area is 151 Å². The van der Waals surface area contributed by atoms with Crippen molar-refractivity contribution in [1.29, 1.82) is 0 Å². The Morgan fingerprint density at radius 1 is 1.23 bits per heavy atom. The normalized spacial score (nSPS) is 10.7. The maximum atomic E-state index is 11.0. The van der Waals surface area contributed by atoms with Crippen LogP contribution in [0.3, 0.4) is 0 Å². The van der Waals surface area contributed by atoms with E-state index < -0.39 is 5.91 Å². The number of hydrogen-bond donors (Lipinski definition) is 3. The van der Waals surface area contributed by atoms with Crippen molar-refractivity contribution in [2.24, 2.45) is 5.73 Å². The van der Waals surface area contributed by atoms with Crippen LogP contribution in [0.25, 0.3) is 0 Å². The monoisotopic (exact) mass is 351 g/mol. The fourth-order valence-corrected chi connectivity index (χ4v) is 2.44. The third kappa shape index (κ3) is 4.90. The third-order valence-corrected chi connectivity index (χ3v) is 3.82. The Morgan fingerprint density at radius 3 is 2.65 bits per heavy atom. The van der Waals surface area contributed by atoms with Crippen LogP contribution in [0.5, 0.6) is 11.6 Å². The van der Waals surface area contributed by atoms with Gasteiger partial charge in [0.05, 0.1) is 11.3 Å². The lowest BCUT2D eigenvalue weighted by molar-refractivity contribution is 0.1000. The number of nitrogens with two attached hydrogens (primary N) is 1. The van der Waals surface area contributed by atoms with Crippen LogP contribution in [0, 0.1) is 6.92 Å². The number of aryl methyl sites for hydroxylation is 1. The maximum absolute atomic E-state index is 11.0. The number of primary amides is 1. The maximum Gasteiger partial charge on any atom is 0.250 e. The van der Waals surface area contributed by atoms with Gasteiger partial charge in [0.2, 0.25) is 11.8 Å². The van der Waals surface area contributed by atoms with E-state index in [0.29, 0.717) is 17.2 Å². The Hall–Kier alpha value is -3.19. The number of rotatable bonds is 8. The van der Waals surface area contributed by atoms with Gasteiger partial charge in [-0.05, 0) is 43.7 Å². The van der Waals surface area contributed by atoms with E-state index in [1.165, 1.54) is 11.8 Å². The number of nitrogens with one attached hydrogen (secondary N) is 2. The number of pyridine rings is 1. The highest BCUT2D eigenvalue weighted by atomic mass is 16.5. The van der Waals surface area contributed by atoms with Crippen molar-refractivity contribution < 1.29 is 9.53 Å². The number of H-pyrrole nitrogens is 1. The van der Waals surface area contributed by atoms with Crippen LogP contribution in [-0.2, 0) is 13.0 Å². The van der Waals surface area contributed by atoms with Crippen LogP contribution in [0.1, 0.15) is 27.4 Å². The van der Waals surface area contributed by atoms with Crippen LogP contribution in [0.4, 0.5) is 0 Å². The molecule has 2 heterocycles. The molecule has 0 saturated carbocycles. The fraction of sp³-hybridized carbons (Fsp3) is 0.211. The molecule has 0 spiro atoms. The lowest BCUT2D eigenvalue weighted by Gasteiger charge is -2.07. The van der Waals surface area contributed by atoms with E-state index in [1.807, 2.05) is 37.4 Å². The van der Waals surface area contributed by atoms with Crippen molar-refractivity contribution in [2.75, 3.05) is 6.54 Å². The van der Waals surface area contributed by atoms with E-state index in [9.17, 15) is 4.79 Å². The quantitative estimate of drug-likeness (QED) is 0.540. The summed E-state index contributed by atoms with van der Waals surface area (Å²) in [5.41, 5.74) is 7.76. The summed E-state index contributed by atoms with van der Waals surface area (Å²) < 4.78 is 5.66. The minimum absolute atomic E-state index is 0.352. The van der Waals surface area contributed by atoms with Crippen molar-refractivity contribution >= 4 is 5.91 Å². The second kappa shape index (κ2) is 8.26. The second-order valence-corrected chi connectivity index (χ2v) is 5.90. The number of benzene rings is 1. The molecule has 0 unspecified atom stereocenters. The first kappa shape index (κ1) is 17.6. The lowest BCUT2D eigenvalue weighted by atomic mass is 10.1. The van der Waals surface area contributed by atoms with Gasteiger partial charge in [0.15, 0.2) is 0 Å². The highest BCUT2D eigenvalue weighted by molar-refractivity contribution is 5.92. The Bertz CT molecular complexity index is 856. The molecule has 0 aliphatic heterocycles. The Morgan fingerprint density at radius 2 is 2.04 bits per heavy atom. The van der Waals surface area contributed by atoms with Gasteiger partial charge in [-0.2, -0.15) is 0 Å². The molecule has 0 aliphatic carbocycles. The molecule has 0 bridgehead atoms. The lowest BCUT2D eigenvalue weighted by Crippen LogP contribution is -2.16. The van der Waals surface area contributed by atoms with Gasteiger partial charge < -0.3 is 20.8 Å². The number of carbonyl (C=O) groups excluding carboxylic acids is 1. The molecule has 7 nitrogen and oxygen atoms in total. The average molecular weight is 351 g/mol. The number of carbonyl (C=O) groups is 1. The standard InChI is InChI=1S/C19H21N5O2/c1-13-22-12-16(24-13)11-21-9-8-14-2-5-17(6-3-14)26-18-7-4-15(10-23-18)19(20)25/h2-7,10,12,21H,8-9,11H2,1H3,(H2,20,25)(H,22,24). The average Bonchev–Trinajstić information content (AvgIpc) is 3.06. The molecule has 0 radical (unpaired) electrons. The number of ether oxygens (including phenoxy) is 1. The van der Waals surface area contributed by atoms with Crippen molar-refractivity contribution in [3.63, 3.8) is 0 Å². The van der Waals surface area contributed by atoms with Crippen LogP contribution in [0.2, 0.25) is 0 Å². The minimum atomic E-state index is -0.510. The first-order valence-corrected chi connectivity index (χ1v) is 8.34. The van der Waals surface area contributed by atoms with Crippen LogP contribution < -0.4 is 15.8 Å². The summed E-state index contributed by atoms with van der Waals surface area (Å²) in [6, 6.07) is 11.0. The van der Waals surface area contributed by atoms with E-state index in [1.54, 1.807) is 12.1 Å². The third-order valence-electron chi connectivity index (χ3n) is 3.82. The summed E-state index contributed by atoms with van der Waals surface area (Å²) in [7, 11) is 0. The molecule has 26 heavy (non-hydrogen) atoms. The smallest absolute Gasteiger partial charge is 0.250 e. The zero-order chi connectivity index (χ0) is 18.4. The summed E-state index contributed by atoms with van der Waals surface area (Å²) in [5, 5.41) is 3.37. The van der Waals surface area contributed by atoms with Gasteiger partial charge in [0.25, 0.3) is 0 Å². The first-order chi connectivity index (χ1) is 12.6. The number of amides is 1. The van der Waals surface area contributed by atoms with Crippen molar-refractivity contribution in [1.82, 2.24) is 20.3 Å². The molecule has 0 fully saturated rings. The van der Waals surface area contributed by atoms with E-state index in [0.717, 1.165) is 31.0 Å². The van der Waals surface area contributed by atoms with Gasteiger partial charge >= 0.3 is 0 Å². The topological polar surface area (TPSA) is 106 Å². The molecule has 1 aromatic carbocycles. The fourth-order valence-electron chi connectivity index (χ4n) is 2.44. The number of imidazole rings is 1. The SMILES string of the molecule is Cc1nc(CNCCc2ccc(Oc3ccc(C(N)=O)cn3)cc2)c[nH]1. The summed E-state index contributed by atoms with van der Waals surface area (Å²) in [4.78, 5) is 22.5. The molecule has 0 aliphatic rings. The zero-order valence-corrected chi connectivity index (χ0v) is 14.5. The summed E-state index contributed by atoms with van der Waals surface area (Å²) >= 11 is 0. The Balaban J connectivity index is 1.46. The van der Waals surface area contributed by atoms with Gasteiger partial charge in [-0.3, -0.25) is 4.79 Å². The molecular formula is C19H21N5O2. The molecule has 3 aromatic rings. The molecule has 2 aromatic heterocycles. The van der Waals surface area contributed by atoms with Crippen LogP contribution in [0.15, 0.2) is 48.8 Å². The van der Waals surface area contributed by atoms with E-state index in [4.69, 9.17) is 10.5 Å². The van der Waals surface area contributed by atoms with E-state index in [-0.39, 0.29) is 0 Å². The zero-order valence-electron chi connectivity index (χ0n) is 14.5. The minimum Gasteiger partial charge on any atom is -0.439 e. The predicted molar refractivity (Wildman–Crippen MR) is 98.0 cm³/mol. The van der Waals surface area contributed by atoms with E-state index >= 15 is 0 Å². The number of hydrogen-bond acceptors (Lipinski definition) is 5. The molecular weight excluding hydrogens is 330 g/mol. The predicted octanol–water partition coefficient (Wildman–Crippen LogP) is 2.34. The molecule has 7 heteroatoms. The summed E-state index contributed by atoms with van der Waals surface area (Å²) in [6.07, 6.45) is 4.23. The highest BCUT2D eigenvalue weighted by Crippen LogP contribution is 2.20. The number of nitrogens with zero attached hydrogens (tertiary/aromatic N) is 2. The number of aromatic nitrogens is 3. The van der Waals surface area contributed by atoms with Crippen LogP contribution >= 0.6 is 0 Å². The number of aromatic amines is 1. The van der Waals surface area contributed by atoms with Gasteiger partial charge in [-0.25, -0.2) is 9.97 Å².